The Hall–Kier alpha value is -2.30. The van der Waals surface area contributed by atoms with Crippen molar-refractivity contribution in [3.63, 3.8) is 0 Å². The van der Waals surface area contributed by atoms with Crippen LogP contribution in [0, 0.1) is 0 Å². The number of nitrogens with two attached hydrogens (primary N) is 1. The van der Waals surface area contributed by atoms with Crippen molar-refractivity contribution in [2.24, 2.45) is 0 Å². The summed E-state index contributed by atoms with van der Waals surface area (Å²) in [6.07, 6.45) is 5.27. The fourth-order valence-electron chi connectivity index (χ4n) is 2.03. The lowest BCUT2D eigenvalue weighted by Crippen LogP contribution is -2.29. The van der Waals surface area contributed by atoms with Gasteiger partial charge in [-0.3, -0.25) is 0 Å². The molecule has 1 aliphatic rings. The molecule has 1 aromatic heterocycles. The molecular formula is C14H15N3O2. The van der Waals surface area contributed by atoms with Gasteiger partial charge in [-0.2, -0.15) is 0 Å². The minimum atomic E-state index is 0.0625. The van der Waals surface area contributed by atoms with E-state index in [4.69, 9.17) is 15.2 Å². The van der Waals surface area contributed by atoms with Crippen LogP contribution >= 0.6 is 0 Å². The fraction of sp³-hybridized carbons (Fsp3) is 0.286. The van der Waals surface area contributed by atoms with E-state index in [1.165, 1.54) is 0 Å². The first-order valence-electron chi connectivity index (χ1n) is 6.26. The number of para-hydroxylation sites is 2. The van der Waals surface area contributed by atoms with Crippen LogP contribution in [0.2, 0.25) is 0 Å². The Labute approximate surface area is 111 Å². The van der Waals surface area contributed by atoms with Crippen LogP contribution in [-0.2, 0) is 6.42 Å². The van der Waals surface area contributed by atoms with E-state index in [9.17, 15) is 0 Å². The third-order valence-electron chi connectivity index (χ3n) is 3.05. The number of rotatable bonds is 3. The fourth-order valence-corrected chi connectivity index (χ4v) is 2.03. The molecule has 0 bridgehead atoms. The predicted octanol–water partition coefficient (Wildman–Crippen LogP) is 1.83. The molecule has 0 fully saturated rings. The van der Waals surface area contributed by atoms with Crippen molar-refractivity contribution in [2.45, 2.75) is 18.9 Å². The lowest BCUT2D eigenvalue weighted by molar-refractivity contribution is 0.0851. The number of fused-ring (bicyclic) bond motifs is 1. The van der Waals surface area contributed by atoms with Crippen LogP contribution in [0.15, 0.2) is 36.7 Å². The van der Waals surface area contributed by atoms with Crippen LogP contribution in [0.5, 0.6) is 11.5 Å². The van der Waals surface area contributed by atoms with Crippen LogP contribution in [-0.4, -0.2) is 22.7 Å². The molecule has 19 heavy (non-hydrogen) atoms. The molecule has 98 valence electrons. The molecule has 2 heterocycles. The summed E-state index contributed by atoms with van der Waals surface area (Å²) in [6, 6.07) is 7.72. The maximum Gasteiger partial charge on any atom is 0.219 e. The highest BCUT2D eigenvalue weighted by Crippen LogP contribution is 2.31. The molecule has 1 aromatic carbocycles. The third-order valence-corrected chi connectivity index (χ3v) is 3.05. The van der Waals surface area contributed by atoms with Crippen molar-refractivity contribution in [3.05, 3.63) is 42.2 Å². The second-order valence-corrected chi connectivity index (χ2v) is 4.49. The van der Waals surface area contributed by atoms with Gasteiger partial charge in [0.15, 0.2) is 11.5 Å². The Morgan fingerprint density at radius 2 is 1.89 bits per heavy atom. The molecule has 1 aliphatic heterocycles. The summed E-state index contributed by atoms with van der Waals surface area (Å²) < 4.78 is 11.6. The molecule has 0 spiro atoms. The zero-order chi connectivity index (χ0) is 13.1. The molecule has 0 saturated carbocycles. The third kappa shape index (κ3) is 2.76. The molecule has 0 saturated heterocycles. The highest BCUT2D eigenvalue weighted by Gasteiger charge is 2.20. The van der Waals surface area contributed by atoms with E-state index in [1.807, 2.05) is 24.3 Å². The van der Waals surface area contributed by atoms with E-state index in [1.54, 1.807) is 12.4 Å². The van der Waals surface area contributed by atoms with E-state index < -0.39 is 0 Å². The van der Waals surface area contributed by atoms with E-state index in [0.717, 1.165) is 29.9 Å². The van der Waals surface area contributed by atoms with Crippen molar-refractivity contribution in [1.29, 1.82) is 0 Å². The molecule has 0 radical (unpaired) electrons. The number of anilines is 1. The van der Waals surface area contributed by atoms with Gasteiger partial charge in [-0.05, 0) is 30.5 Å². The highest BCUT2D eigenvalue weighted by molar-refractivity contribution is 5.40. The van der Waals surface area contributed by atoms with Gasteiger partial charge in [0.1, 0.15) is 12.7 Å². The summed E-state index contributed by atoms with van der Waals surface area (Å²) in [6.45, 7) is 0.576. The van der Waals surface area contributed by atoms with Crippen LogP contribution < -0.4 is 15.2 Å². The lowest BCUT2D eigenvalue weighted by atomic mass is 10.1. The molecule has 3 rings (SSSR count). The normalized spacial score (nSPS) is 17.2. The number of aromatic nitrogens is 2. The smallest absolute Gasteiger partial charge is 0.219 e. The second kappa shape index (κ2) is 5.14. The van der Waals surface area contributed by atoms with Gasteiger partial charge in [0, 0.05) is 12.4 Å². The Kier molecular flexibility index (Phi) is 3.18. The van der Waals surface area contributed by atoms with Gasteiger partial charge in [0.05, 0.1) is 0 Å². The van der Waals surface area contributed by atoms with Gasteiger partial charge in [0.25, 0.3) is 0 Å². The SMILES string of the molecule is Nc1ncc(CCC2COc3ccccc3O2)cn1. The van der Waals surface area contributed by atoms with Crippen molar-refractivity contribution < 1.29 is 9.47 Å². The van der Waals surface area contributed by atoms with Crippen molar-refractivity contribution in [1.82, 2.24) is 9.97 Å². The largest absolute Gasteiger partial charge is 0.486 e. The standard InChI is InChI=1S/C14H15N3O2/c15-14-16-7-10(8-17-14)5-6-11-9-18-12-3-1-2-4-13(12)19-11/h1-4,7-8,11H,5-6,9H2,(H2,15,16,17). The summed E-state index contributed by atoms with van der Waals surface area (Å²) in [5.41, 5.74) is 6.50. The van der Waals surface area contributed by atoms with Crippen LogP contribution in [0.3, 0.4) is 0 Å². The zero-order valence-corrected chi connectivity index (χ0v) is 10.5. The van der Waals surface area contributed by atoms with Crippen LogP contribution in [0.1, 0.15) is 12.0 Å². The Morgan fingerprint density at radius 1 is 1.16 bits per heavy atom. The minimum Gasteiger partial charge on any atom is -0.486 e. The van der Waals surface area contributed by atoms with Crippen LogP contribution in [0.25, 0.3) is 0 Å². The molecule has 2 aromatic rings. The quantitative estimate of drug-likeness (QED) is 0.908. The zero-order valence-electron chi connectivity index (χ0n) is 10.5. The molecule has 0 amide bonds. The molecule has 5 nitrogen and oxygen atoms in total. The summed E-state index contributed by atoms with van der Waals surface area (Å²) >= 11 is 0. The lowest BCUT2D eigenvalue weighted by Gasteiger charge is -2.26. The number of ether oxygens (including phenoxy) is 2. The number of hydrogen-bond donors (Lipinski definition) is 1. The Morgan fingerprint density at radius 3 is 2.68 bits per heavy atom. The second-order valence-electron chi connectivity index (χ2n) is 4.49. The number of benzene rings is 1. The van der Waals surface area contributed by atoms with Crippen molar-refractivity contribution in [2.75, 3.05) is 12.3 Å². The minimum absolute atomic E-state index is 0.0625. The highest BCUT2D eigenvalue weighted by atomic mass is 16.6. The van der Waals surface area contributed by atoms with Crippen molar-refractivity contribution >= 4 is 5.95 Å². The van der Waals surface area contributed by atoms with Gasteiger partial charge < -0.3 is 15.2 Å². The maximum atomic E-state index is 5.89. The van der Waals surface area contributed by atoms with Gasteiger partial charge in [-0.25, -0.2) is 9.97 Å². The summed E-state index contributed by atoms with van der Waals surface area (Å²) in [4.78, 5) is 7.95. The van der Waals surface area contributed by atoms with Crippen molar-refractivity contribution in [3.8, 4) is 11.5 Å². The van der Waals surface area contributed by atoms with Gasteiger partial charge in [-0.15, -0.1) is 0 Å². The summed E-state index contributed by atoms with van der Waals surface area (Å²) in [7, 11) is 0. The number of nitrogens with zero attached hydrogens (tertiary/aromatic N) is 2. The topological polar surface area (TPSA) is 70.3 Å². The molecule has 1 atom stereocenters. The summed E-state index contributed by atoms with van der Waals surface area (Å²) in [5, 5.41) is 0. The van der Waals surface area contributed by atoms with Gasteiger partial charge in [-0.1, -0.05) is 12.1 Å². The maximum absolute atomic E-state index is 5.89. The van der Waals surface area contributed by atoms with E-state index >= 15 is 0 Å². The molecule has 2 N–H and O–H groups in total. The monoisotopic (exact) mass is 257 g/mol. The molecule has 0 aliphatic carbocycles. The first-order chi connectivity index (χ1) is 9.31. The average Bonchev–Trinajstić information content (AvgIpc) is 2.46. The Bertz CT molecular complexity index is 557. The average molecular weight is 257 g/mol. The van der Waals surface area contributed by atoms with Gasteiger partial charge >= 0.3 is 0 Å². The first kappa shape index (κ1) is 11.8. The molecule has 1 unspecified atom stereocenters. The first-order valence-corrected chi connectivity index (χ1v) is 6.26. The number of hydrogen-bond acceptors (Lipinski definition) is 5. The van der Waals surface area contributed by atoms with E-state index in [2.05, 4.69) is 9.97 Å². The molecular weight excluding hydrogens is 242 g/mol. The van der Waals surface area contributed by atoms with E-state index in [-0.39, 0.29) is 6.10 Å². The Balaban J connectivity index is 1.59. The number of nitrogen functional groups attached to an aromatic ring is 1. The molecule has 5 heteroatoms. The van der Waals surface area contributed by atoms with E-state index in [0.29, 0.717) is 12.6 Å². The number of aryl methyl sites for hydroxylation is 1. The summed E-state index contributed by atoms with van der Waals surface area (Å²) in [5.74, 6) is 1.93. The van der Waals surface area contributed by atoms with Crippen LogP contribution in [0.4, 0.5) is 5.95 Å². The van der Waals surface area contributed by atoms with Gasteiger partial charge in [0.2, 0.25) is 5.95 Å². The predicted molar refractivity (Wildman–Crippen MR) is 71.1 cm³/mol.